The monoisotopic (exact) mass is 207 g/mol. The summed E-state index contributed by atoms with van der Waals surface area (Å²) in [5, 5.41) is 0. The number of nitrogen functional groups attached to an aromatic ring is 1. The number of anilines is 1. The van der Waals surface area contributed by atoms with Crippen molar-refractivity contribution in [3.8, 4) is 0 Å². The van der Waals surface area contributed by atoms with E-state index in [0.29, 0.717) is 13.0 Å². The number of esters is 1. The van der Waals surface area contributed by atoms with Crippen LogP contribution in [0.2, 0.25) is 0 Å². The van der Waals surface area contributed by atoms with Gasteiger partial charge in [-0.3, -0.25) is 4.79 Å². The van der Waals surface area contributed by atoms with Gasteiger partial charge in [-0.2, -0.15) is 0 Å². The fourth-order valence-electron chi connectivity index (χ4n) is 1.46. The minimum Gasteiger partial charge on any atom is -0.466 e. The zero-order valence-electron chi connectivity index (χ0n) is 9.46. The van der Waals surface area contributed by atoms with Crippen molar-refractivity contribution in [3.05, 3.63) is 28.8 Å². The number of hydrogen-bond acceptors (Lipinski definition) is 3. The molecule has 0 spiro atoms. The van der Waals surface area contributed by atoms with Gasteiger partial charge in [0.25, 0.3) is 0 Å². The summed E-state index contributed by atoms with van der Waals surface area (Å²) in [4.78, 5) is 11.3. The molecule has 2 N–H and O–H groups in total. The van der Waals surface area contributed by atoms with Crippen LogP contribution in [-0.2, 0) is 16.0 Å². The van der Waals surface area contributed by atoms with Gasteiger partial charge in [-0.05, 0) is 43.5 Å². The first kappa shape index (κ1) is 11.6. The molecule has 1 rings (SSSR count). The van der Waals surface area contributed by atoms with Crippen LogP contribution in [0.15, 0.2) is 12.1 Å². The van der Waals surface area contributed by atoms with Crippen LogP contribution in [0.1, 0.15) is 23.6 Å². The van der Waals surface area contributed by atoms with Gasteiger partial charge in [0, 0.05) is 5.69 Å². The molecule has 0 aliphatic heterocycles. The van der Waals surface area contributed by atoms with Gasteiger partial charge >= 0.3 is 5.97 Å². The highest BCUT2D eigenvalue weighted by Crippen LogP contribution is 2.18. The molecule has 3 nitrogen and oxygen atoms in total. The molecular weight excluding hydrogens is 190 g/mol. The van der Waals surface area contributed by atoms with E-state index < -0.39 is 0 Å². The van der Waals surface area contributed by atoms with Crippen molar-refractivity contribution in [2.24, 2.45) is 0 Å². The zero-order valence-corrected chi connectivity index (χ0v) is 9.46. The lowest BCUT2D eigenvalue weighted by Crippen LogP contribution is -2.09. The average molecular weight is 207 g/mol. The fourth-order valence-corrected chi connectivity index (χ4v) is 1.46. The normalized spacial score (nSPS) is 10.1. The molecule has 0 aliphatic carbocycles. The molecule has 0 aromatic heterocycles. The van der Waals surface area contributed by atoms with Gasteiger partial charge < -0.3 is 10.5 Å². The first-order chi connectivity index (χ1) is 7.04. The molecule has 3 heteroatoms. The molecule has 0 radical (unpaired) electrons. The van der Waals surface area contributed by atoms with Crippen molar-refractivity contribution >= 4 is 11.7 Å². The van der Waals surface area contributed by atoms with Crippen LogP contribution < -0.4 is 5.73 Å². The molecule has 1 aromatic carbocycles. The Hall–Kier alpha value is -1.51. The van der Waals surface area contributed by atoms with Crippen molar-refractivity contribution < 1.29 is 9.53 Å². The lowest BCUT2D eigenvalue weighted by Gasteiger charge is -2.09. The molecule has 82 valence electrons. The molecule has 0 heterocycles. The molecule has 0 bridgehead atoms. The Kier molecular flexibility index (Phi) is 3.72. The molecular formula is C12H17NO2. The van der Waals surface area contributed by atoms with Gasteiger partial charge in [-0.1, -0.05) is 6.07 Å². The topological polar surface area (TPSA) is 52.3 Å². The lowest BCUT2D eigenvalue weighted by molar-refractivity contribution is -0.142. The van der Waals surface area contributed by atoms with Crippen LogP contribution in [-0.4, -0.2) is 12.6 Å². The van der Waals surface area contributed by atoms with Crippen LogP contribution in [0, 0.1) is 13.8 Å². The van der Waals surface area contributed by atoms with E-state index in [-0.39, 0.29) is 5.97 Å². The molecule has 0 unspecified atom stereocenters. The Labute approximate surface area is 90.2 Å². The number of rotatable bonds is 3. The highest BCUT2D eigenvalue weighted by atomic mass is 16.5. The minimum atomic E-state index is -0.190. The lowest BCUT2D eigenvalue weighted by atomic mass is 10.0. The number of aryl methyl sites for hydroxylation is 2. The number of ether oxygens (including phenoxy) is 1. The predicted octanol–water partition coefficient (Wildman–Crippen LogP) is 1.99. The van der Waals surface area contributed by atoms with Gasteiger partial charge in [0.2, 0.25) is 0 Å². The van der Waals surface area contributed by atoms with Crippen LogP contribution >= 0.6 is 0 Å². The molecule has 0 amide bonds. The summed E-state index contributed by atoms with van der Waals surface area (Å²) in [5.74, 6) is -0.190. The highest BCUT2D eigenvalue weighted by Gasteiger charge is 2.08. The average Bonchev–Trinajstić information content (AvgIpc) is 2.14. The minimum absolute atomic E-state index is 0.190. The summed E-state index contributed by atoms with van der Waals surface area (Å²) in [6.45, 7) is 6.11. The largest absolute Gasteiger partial charge is 0.466 e. The van der Waals surface area contributed by atoms with Crippen LogP contribution in [0.3, 0.4) is 0 Å². The fraction of sp³-hybridized carbons (Fsp3) is 0.417. The van der Waals surface area contributed by atoms with E-state index >= 15 is 0 Å². The molecule has 0 atom stereocenters. The third kappa shape index (κ3) is 2.98. The van der Waals surface area contributed by atoms with Gasteiger partial charge in [0.05, 0.1) is 13.0 Å². The maximum atomic E-state index is 11.3. The SMILES string of the molecule is CCOC(=O)Cc1cc(C)c(N)cc1C. The number of nitrogens with two attached hydrogens (primary N) is 1. The smallest absolute Gasteiger partial charge is 0.310 e. The van der Waals surface area contributed by atoms with E-state index in [0.717, 1.165) is 22.4 Å². The van der Waals surface area contributed by atoms with Crippen molar-refractivity contribution in [2.45, 2.75) is 27.2 Å². The van der Waals surface area contributed by atoms with E-state index in [2.05, 4.69) is 0 Å². The standard InChI is InChI=1S/C12H17NO2/c1-4-15-12(14)7-10-5-9(3)11(13)6-8(10)2/h5-6H,4,7,13H2,1-3H3. The highest BCUT2D eigenvalue weighted by molar-refractivity contribution is 5.73. The summed E-state index contributed by atoms with van der Waals surface area (Å²) >= 11 is 0. The van der Waals surface area contributed by atoms with Crippen LogP contribution in [0.5, 0.6) is 0 Å². The Morgan fingerprint density at radius 1 is 1.33 bits per heavy atom. The first-order valence-corrected chi connectivity index (χ1v) is 5.05. The summed E-state index contributed by atoms with van der Waals surface area (Å²) in [5.41, 5.74) is 9.55. The van der Waals surface area contributed by atoms with E-state index in [9.17, 15) is 4.79 Å². The van der Waals surface area contributed by atoms with E-state index in [1.54, 1.807) is 6.92 Å². The number of carbonyl (C=O) groups excluding carboxylic acids is 1. The Morgan fingerprint density at radius 3 is 2.60 bits per heavy atom. The molecule has 15 heavy (non-hydrogen) atoms. The van der Waals surface area contributed by atoms with Crippen LogP contribution in [0.25, 0.3) is 0 Å². The summed E-state index contributed by atoms with van der Waals surface area (Å²) < 4.78 is 4.90. The predicted molar refractivity (Wildman–Crippen MR) is 60.7 cm³/mol. The second-order valence-electron chi connectivity index (χ2n) is 3.62. The first-order valence-electron chi connectivity index (χ1n) is 5.05. The maximum Gasteiger partial charge on any atom is 0.310 e. The summed E-state index contributed by atoms with van der Waals surface area (Å²) in [7, 11) is 0. The third-order valence-electron chi connectivity index (χ3n) is 2.36. The summed E-state index contributed by atoms with van der Waals surface area (Å²) in [6, 6.07) is 3.84. The third-order valence-corrected chi connectivity index (χ3v) is 2.36. The van der Waals surface area contributed by atoms with Crippen molar-refractivity contribution in [3.63, 3.8) is 0 Å². The van der Waals surface area contributed by atoms with Crippen molar-refractivity contribution in [2.75, 3.05) is 12.3 Å². The second-order valence-corrected chi connectivity index (χ2v) is 3.62. The number of hydrogen-bond donors (Lipinski definition) is 1. The molecule has 0 saturated carbocycles. The van der Waals surface area contributed by atoms with Crippen LogP contribution in [0.4, 0.5) is 5.69 Å². The Balaban J connectivity index is 2.86. The van der Waals surface area contributed by atoms with E-state index in [4.69, 9.17) is 10.5 Å². The molecule has 1 aromatic rings. The quantitative estimate of drug-likeness (QED) is 0.609. The Morgan fingerprint density at radius 2 is 2.00 bits per heavy atom. The maximum absolute atomic E-state index is 11.3. The zero-order chi connectivity index (χ0) is 11.4. The molecule has 0 aliphatic rings. The van der Waals surface area contributed by atoms with E-state index in [1.165, 1.54) is 0 Å². The summed E-state index contributed by atoms with van der Waals surface area (Å²) in [6.07, 6.45) is 0.320. The van der Waals surface area contributed by atoms with Gasteiger partial charge in [-0.15, -0.1) is 0 Å². The van der Waals surface area contributed by atoms with Crippen molar-refractivity contribution in [1.29, 1.82) is 0 Å². The van der Waals surface area contributed by atoms with Gasteiger partial charge in [0.1, 0.15) is 0 Å². The second kappa shape index (κ2) is 4.82. The van der Waals surface area contributed by atoms with Gasteiger partial charge in [-0.25, -0.2) is 0 Å². The van der Waals surface area contributed by atoms with E-state index in [1.807, 2.05) is 26.0 Å². The number of benzene rings is 1. The molecule has 0 fully saturated rings. The number of carbonyl (C=O) groups is 1. The van der Waals surface area contributed by atoms with Gasteiger partial charge in [0.15, 0.2) is 0 Å². The van der Waals surface area contributed by atoms with Crippen molar-refractivity contribution in [1.82, 2.24) is 0 Å². The Bertz CT molecular complexity index is 372. The molecule has 0 saturated heterocycles.